The molecule has 0 saturated carbocycles. The van der Waals surface area contributed by atoms with Gasteiger partial charge in [-0.25, -0.2) is 4.98 Å². The number of carbonyl (C=O) groups is 1. The van der Waals surface area contributed by atoms with Crippen molar-refractivity contribution in [2.24, 2.45) is 11.8 Å². The second-order valence-corrected chi connectivity index (χ2v) is 8.97. The van der Waals surface area contributed by atoms with E-state index in [4.69, 9.17) is 9.47 Å². The first-order chi connectivity index (χ1) is 16.5. The van der Waals surface area contributed by atoms with E-state index in [0.717, 1.165) is 47.8 Å². The Morgan fingerprint density at radius 3 is 2.91 bits per heavy atom. The lowest BCUT2D eigenvalue weighted by Gasteiger charge is -2.23. The third-order valence-electron chi connectivity index (χ3n) is 5.91. The number of nitrogens with one attached hydrogen (secondary N) is 1. The summed E-state index contributed by atoms with van der Waals surface area (Å²) < 4.78 is 11.7. The molecule has 4 rings (SSSR count). The number of rotatable bonds is 10. The summed E-state index contributed by atoms with van der Waals surface area (Å²) >= 11 is 0. The molecule has 0 amide bonds. The highest BCUT2D eigenvalue weighted by atomic mass is 16.5. The molecule has 0 radical (unpaired) electrons. The lowest BCUT2D eigenvalue weighted by Crippen LogP contribution is -2.15. The summed E-state index contributed by atoms with van der Waals surface area (Å²) in [5.74, 6) is 2.09. The van der Waals surface area contributed by atoms with Gasteiger partial charge < -0.3 is 19.9 Å². The van der Waals surface area contributed by atoms with Crippen LogP contribution in [-0.4, -0.2) is 35.3 Å². The molecule has 34 heavy (non-hydrogen) atoms. The van der Waals surface area contributed by atoms with Crippen molar-refractivity contribution >= 4 is 17.4 Å². The topological polar surface area (TPSA) is 80.7 Å². The normalized spacial score (nSPS) is 18.8. The molecule has 2 aliphatic carbocycles. The van der Waals surface area contributed by atoms with E-state index in [2.05, 4.69) is 34.6 Å². The Kier molecular flexibility index (Phi) is 7.68. The second kappa shape index (κ2) is 11.1. The van der Waals surface area contributed by atoms with Crippen molar-refractivity contribution in [2.45, 2.75) is 39.2 Å². The van der Waals surface area contributed by atoms with Crippen molar-refractivity contribution in [2.75, 3.05) is 18.5 Å². The molecule has 0 bridgehead atoms. The van der Waals surface area contributed by atoms with Crippen molar-refractivity contribution in [3.05, 3.63) is 83.8 Å². The second-order valence-electron chi connectivity index (χ2n) is 8.97. The van der Waals surface area contributed by atoms with Crippen LogP contribution in [0.1, 0.15) is 37.8 Å². The highest BCUT2D eigenvalue weighted by Crippen LogP contribution is 2.37. The first-order valence-corrected chi connectivity index (χ1v) is 11.9. The van der Waals surface area contributed by atoms with Crippen LogP contribution in [0.2, 0.25) is 0 Å². The maximum absolute atomic E-state index is 11.4. The van der Waals surface area contributed by atoms with Crippen LogP contribution in [0.4, 0.5) is 5.82 Å². The number of benzene rings is 1. The summed E-state index contributed by atoms with van der Waals surface area (Å²) in [6, 6.07) is 11.9. The minimum atomic E-state index is -0.804. The van der Waals surface area contributed by atoms with Gasteiger partial charge in [0, 0.05) is 24.7 Å². The fourth-order valence-electron chi connectivity index (χ4n) is 4.43. The van der Waals surface area contributed by atoms with Crippen LogP contribution in [-0.2, 0) is 16.0 Å². The van der Waals surface area contributed by atoms with Gasteiger partial charge in [-0.3, -0.25) is 4.79 Å². The number of nitrogens with zero attached hydrogens (tertiary/aromatic N) is 1. The van der Waals surface area contributed by atoms with E-state index in [1.807, 2.05) is 50.3 Å². The zero-order chi connectivity index (χ0) is 23.9. The molecular formula is C28H32N2O4. The maximum Gasteiger partial charge on any atom is 0.307 e. The Balaban J connectivity index is 1.31. The van der Waals surface area contributed by atoms with Crippen LogP contribution in [0.15, 0.2) is 72.7 Å². The van der Waals surface area contributed by atoms with E-state index < -0.39 is 5.97 Å². The van der Waals surface area contributed by atoms with Crippen LogP contribution >= 0.6 is 0 Å². The Morgan fingerprint density at radius 2 is 2.09 bits per heavy atom. The number of pyridine rings is 1. The zero-order valence-electron chi connectivity index (χ0n) is 19.7. The minimum Gasteiger partial charge on any atom is -0.494 e. The predicted molar refractivity (Wildman–Crippen MR) is 134 cm³/mol. The number of aromatic nitrogens is 1. The van der Waals surface area contributed by atoms with Crippen LogP contribution < -0.4 is 10.1 Å². The number of carboxylic acid groups (broad SMARTS) is 1. The van der Waals surface area contributed by atoms with E-state index in [-0.39, 0.29) is 24.4 Å². The van der Waals surface area contributed by atoms with E-state index in [9.17, 15) is 9.90 Å². The highest BCUT2D eigenvalue weighted by molar-refractivity contribution is 5.85. The molecule has 178 valence electrons. The monoisotopic (exact) mass is 460 g/mol. The van der Waals surface area contributed by atoms with Crippen LogP contribution in [0.3, 0.4) is 0 Å². The average Bonchev–Trinajstić information content (AvgIpc) is 2.94. The van der Waals surface area contributed by atoms with Gasteiger partial charge in [0.1, 0.15) is 17.3 Å². The fraction of sp³-hybridized carbons (Fsp3) is 0.357. The maximum atomic E-state index is 11.4. The van der Waals surface area contributed by atoms with Crippen LogP contribution in [0, 0.1) is 11.8 Å². The van der Waals surface area contributed by atoms with Gasteiger partial charge in [0.15, 0.2) is 0 Å². The van der Waals surface area contributed by atoms with Crippen LogP contribution in [0.5, 0.6) is 5.75 Å². The number of ether oxygens (including phenoxy) is 2. The first-order valence-electron chi connectivity index (χ1n) is 11.9. The van der Waals surface area contributed by atoms with E-state index in [1.165, 1.54) is 5.56 Å². The van der Waals surface area contributed by atoms with Gasteiger partial charge in [-0.15, -0.1) is 0 Å². The molecule has 0 fully saturated rings. The molecule has 0 spiro atoms. The number of hydrogen-bond donors (Lipinski definition) is 2. The van der Waals surface area contributed by atoms with Gasteiger partial charge in [0.2, 0.25) is 0 Å². The summed E-state index contributed by atoms with van der Waals surface area (Å²) in [7, 11) is 0. The van der Waals surface area contributed by atoms with Gasteiger partial charge in [-0.05, 0) is 67.5 Å². The number of aliphatic carboxylic acids is 1. The molecule has 1 aromatic carbocycles. The van der Waals surface area contributed by atoms with Gasteiger partial charge in [0.05, 0.1) is 19.1 Å². The number of fused-ring (bicyclic) bond motifs is 2. The molecule has 0 aliphatic heterocycles. The number of allylic oxidation sites excluding steroid dienone is 4. The SMILES string of the molecule is CC(C)Oc1ccnc(NCCCOC2=CC3Cc4ccccc4C(CC(=O)O)=CC3C=C2)c1. The third kappa shape index (κ3) is 6.28. The van der Waals surface area contributed by atoms with Crippen molar-refractivity contribution in [1.82, 2.24) is 4.98 Å². The molecule has 2 unspecified atom stereocenters. The molecule has 6 nitrogen and oxygen atoms in total. The summed E-state index contributed by atoms with van der Waals surface area (Å²) in [4.78, 5) is 15.8. The number of anilines is 1. The van der Waals surface area contributed by atoms with E-state index in [0.29, 0.717) is 6.61 Å². The first kappa shape index (κ1) is 23.6. The van der Waals surface area contributed by atoms with Crippen molar-refractivity contribution in [3.63, 3.8) is 0 Å². The molecule has 2 N–H and O–H groups in total. The van der Waals surface area contributed by atoms with Gasteiger partial charge in [-0.2, -0.15) is 0 Å². The van der Waals surface area contributed by atoms with E-state index in [1.54, 1.807) is 6.20 Å². The molecule has 1 heterocycles. The van der Waals surface area contributed by atoms with E-state index >= 15 is 0 Å². The molecular weight excluding hydrogens is 428 g/mol. The Labute approximate surface area is 201 Å². The highest BCUT2D eigenvalue weighted by Gasteiger charge is 2.26. The van der Waals surface area contributed by atoms with Crippen molar-refractivity contribution in [3.8, 4) is 5.75 Å². The molecule has 6 heteroatoms. The quantitative estimate of drug-likeness (QED) is 0.457. The predicted octanol–water partition coefficient (Wildman–Crippen LogP) is 5.49. The standard InChI is InChI=1S/C28H32N2O4/c1-19(2)34-25-10-12-30-27(18-25)29-11-5-13-33-24-9-8-20-14-23(17-28(31)32)26-7-4-3-6-21(26)15-22(20)16-24/h3-4,6-10,12,14,16,18-20,22H,5,11,13,15,17H2,1-2H3,(H,29,30)(H,31,32). The average molecular weight is 461 g/mol. The summed E-state index contributed by atoms with van der Waals surface area (Å²) in [5, 5.41) is 12.7. The zero-order valence-corrected chi connectivity index (χ0v) is 19.7. The molecule has 2 aliphatic rings. The molecule has 1 aromatic heterocycles. The summed E-state index contributed by atoms with van der Waals surface area (Å²) in [6.07, 6.45) is 12.0. The Morgan fingerprint density at radius 1 is 1.24 bits per heavy atom. The van der Waals surface area contributed by atoms with Crippen molar-refractivity contribution < 1.29 is 19.4 Å². The largest absolute Gasteiger partial charge is 0.494 e. The Bertz CT molecular complexity index is 1100. The van der Waals surface area contributed by atoms with Crippen molar-refractivity contribution in [1.29, 1.82) is 0 Å². The molecule has 0 saturated heterocycles. The van der Waals surface area contributed by atoms with Gasteiger partial charge in [0.25, 0.3) is 0 Å². The lowest BCUT2D eigenvalue weighted by atomic mass is 9.84. The third-order valence-corrected chi connectivity index (χ3v) is 5.91. The fourth-order valence-corrected chi connectivity index (χ4v) is 4.43. The van der Waals surface area contributed by atoms with Crippen LogP contribution in [0.25, 0.3) is 5.57 Å². The minimum absolute atomic E-state index is 0.0372. The Hall–Kier alpha value is -3.54. The summed E-state index contributed by atoms with van der Waals surface area (Å²) in [5.41, 5.74) is 3.13. The smallest absolute Gasteiger partial charge is 0.307 e. The van der Waals surface area contributed by atoms with Gasteiger partial charge >= 0.3 is 5.97 Å². The number of carboxylic acids is 1. The lowest BCUT2D eigenvalue weighted by molar-refractivity contribution is -0.135. The van der Waals surface area contributed by atoms with Gasteiger partial charge in [-0.1, -0.05) is 36.4 Å². The molecule has 2 aromatic rings. The number of hydrogen-bond acceptors (Lipinski definition) is 5. The summed E-state index contributed by atoms with van der Waals surface area (Å²) in [6.45, 7) is 5.34. The molecule has 2 atom stereocenters.